The number of aliphatic carboxylic acids is 1. The van der Waals surface area contributed by atoms with Crippen LogP contribution in [-0.2, 0) is 17.6 Å². The van der Waals surface area contributed by atoms with Gasteiger partial charge in [0.05, 0.1) is 8.81 Å². The Morgan fingerprint density at radius 1 is 1.28 bits per heavy atom. The smallest absolute Gasteiger partial charge is 0.311 e. The number of carboxylic acids is 1. The molecule has 0 amide bonds. The van der Waals surface area contributed by atoms with Gasteiger partial charge in [0.25, 0.3) is 0 Å². The molecule has 1 aliphatic rings. The molecule has 0 radical (unpaired) electrons. The molecule has 0 aromatic heterocycles. The molecule has 2 atom stereocenters. The number of rotatable bonds is 6. The molecule has 1 aromatic rings. The van der Waals surface area contributed by atoms with Crippen molar-refractivity contribution in [2.45, 2.75) is 40.5 Å². The maximum absolute atomic E-state index is 12.2. The average molecular weight is 491 g/mol. The van der Waals surface area contributed by atoms with Crippen molar-refractivity contribution in [2.75, 3.05) is 0 Å². The molecule has 0 heterocycles. The van der Waals surface area contributed by atoms with E-state index in [0.29, 0.717) is 6.42 Å². The van der Waals surface area contributed by atoms with Crippen LogP contribution >= 0.6 is 43.5 Å². The van der Waals surface area contributed by atoms with Gasteiger partial charge >= 0.3 is 5.97 Å². The summed E-state index contributed by atoms with van der Waals surface area (Å²) in [6.45, 7) is 8.20. The van der Waals surface area contributed by atoms with Gasteiger partial charge in [0, 0.05) is 11.5 Å². The van der Waals surface area contributed by atoms with Gasteiger partial charge in [0.15, 0.2) is 0 Å². The minimum absolute atomic E-state index is 0.0242. The van der Waals surface area contributed by atoms with Gasteiger partial charge < -0.3 is 5.11 Å². The van der Waals surface area contributed by atoms with Crippen molar-refractivity contribution >= 4 is 49.4 Å². The molecule has 0 saturated heterocycles. The van der Waals surface area contributed by atoms with Gasteiger partial charge in [-0.1, -0.05) is 49.7 Å². The Bertz CT molecular complexity index is 725. The summed E-state index contributed by atoms with van der Waals surface area (Å²) in [5, 5.41) is 10.1. The lowest BCUT2D eigenvalue weighted by molar-refractivity contribution is -0.145. The van der Waals surface area contributed by atoms with Gasteiger partial charge in [0.2, 0.25) is 0 Å². The number of carboxylic acid groups (broad SMARTS) is 1. The van der Waals surface area contributed by atoms with Crippen molar-refractivity contribution < 1.29 is 9.90 Å². The van der Waals surface area contributed by atoms with E-state index in [9.17, 15) is 9.90 Å². The number of benzene rings is 1. The Morgan fingerprint density at radius 2 is 1.84 bits per heavy atom. The topological polar surface area (TPSA) is 37.3 Å². The van der Waals surface area contributed by atoms with E-state index < -0.39 is 11.4 Å². The number of hydrogen-bond acceptors (Lipinski definition) is 1. The molecule has 0 spiro atoms. The normalized spacial score (nSPS) is 24.4. The Hall–Kier alpha value is -0.580. The Morgan fingerprint density at radius 3 is 2.28 bits per heavy atom. The van der Waals surface area contributed by atoms with Gasteiger partial charge in [-0.3, -0.25) is 4.79 Å². The predicted molar refractivity (Wildman–Crippen MR) is 112 cm³/mol. The number of carbonyl (C=O) groups is 1. The molecule has 1 aliphatic carbocycles. The zero-order valence-electron chi connectivity index (χ0n) is 14.9. The van der Waals surface area contributed by atoms with E-state index in [0.717, 1.165) is 26.5 Å². The average Bonchev–Trinajstić information content (AvgIpc) is 2.96. The standard InChI is InChI=1S/C20H23Br2ClO2/c1-12-8-14(6-5-7-23)9-13(2)15(12)11-20(18(24)25)16(10-17(21)22)19(20,3)4/h5,7-10,16H,6,11H2,1-4H3,(H,24,25). The molecular weight excluding hydrogens is 467 g/mol. The van der Waals surface area contributed by atoms with Crippen LogP contribution in [0.1, 0.15) is 36.1 Å². The van der Waals surface area contributed by atoms with Crippen LogP contribution in [0, 0.1) is 30.6 Å². The fraction of sp³-hybridized carbons (Fsp3) is 0.450. The highest BCUT2D eigenvalue weighted by Crippen LogP contribution is 2.71. The van der Waals surface area contributed by atoms with E-state index >= 15 is 0 Å². The molecule has 0 aliphatic heterocycles. The van der Waals surface area contributed by atoms with Crippen LogP contribution in [0.15, 0.2) is 33.2 Å². The first-order chi connectivity index (χ1) is 11.6. The van der Waals surface area contributed by atoms with Gasteiger partial charge in [-0.2, -0.15) is 0 Å². The third-order valence-electron chi connectivity index (χ3n) is 5.70. The molecule has 1 N–H and O–H groups in total. The summed E-state index contributed by atoms with van der Waals surface area (Å²) in [6, 6.07) is 4.27. The molecule has 5 heteroatoms. The third kappa shape index (κ3) is 3.77. The summed E-state index contributed by atoms with van der Waals surface area (Å²) in [4.78, 5) is 12.2. The summed E-state index contributed by atoms with van der Waals surface area (Å²) in [6.07, 6.45) is 5.20. The highest BCUT2D eigenvalue weighted by molar-refractivity contribution is 9.28. The van der Waals surface area contributed by atoms with E-state index in [2.05, 4.69) is 57.8 Å². The van der Waals surface area contributed by atoms with E-state index in [1.807, 2.05) is 26.0 Å². The SMILES string of the molecule is Cc1cc(CC=CCl)cc(C)c1CC1(C(=O)O)C(C=C(Br)Br)C1(C)C. The molecular formula is C20H23Br2ClO2. The Balaban J connectivity index is 2.43. The Kier molecular flexibility index (Phi) is 6.28. The minimum Gasteiger partial charge on any atom is -0.481 e. The quantitative estimate of drug-likeness (QED) is 0.494. The lowest BCUT2D eigenvalue weighted by Crippen LogP contribution is -2.25. The molecule has 25 heavy (non-hydrogen) atoms. The summed E-state index contributed by atoms with van der Waals surface area (Å²) in [5.74, 6) is -0.753. The lowest BCUT2D eigenvalue weighted by atomic mass is 9.84. The largest absolute Gasteiger partial charge is 0.481 e. The van der Waals surface area contributed by atoms with Crippen LogP contribution in [0.5, 0.6) is 0 Å². The first-order valence-electron chi connectivity index (χ1n) is 8.18. The van der Waals surface area contributed by atoms with Crippen LogP contribution < -0.4 is 0 Å². The maximum Gasteiger partial charge on any atom is 0.311 e. The lowest BCUT2D eigenvalue weighted by Gasteiger charge is -2.20. The van der Waals surface area contributed by atoms with E-state index in [1.165, 1.54) is 11.1 Å². The highest BCUT2D eigenvalue weighted by atomic mass is 79.9. The van der Waals surface area contributed by atoms with Crippen LogP contribution in [0.25, 0.3) is 0 Å². The summed E-state index contributed by atoms with van der Waals surface area (Å²) in [5.41, 5.74) is 5.05. The number of allylic oxidation sites excluding steroid dienone is 2. The Labute approximate surface area is 171 Å². The molecule has 1 saturated carbocycles. The number of aryl methyl sites for hydroxylation is 2. The second kappa shape index (κ2) is 7.58. The summed E-state index contributed by atoms with van der Waals surface area (Å²) in [7, 11) is 0. The van der Waals surface area contributed by atoms with Crippen molar-refractivity contribution in [3.05, 3.63) is 55.5 Å². The number of hydrogen-bond donors (Lipinski definition) is 1. The summed E-state index contributed by atoms with van der Waals surface area (Å²) >= 11 is 12.4. The van der Waals surface area contributed by atoms with E-state index in [1.54, 1.807) is 0 Å². The van der Waals surface area contributed by atoms with Crippen molar-refractivity contribution in [1.29, 1.82) is 0 Å². The van der Waals surface area contributed by atoms with E-state index in [4.69, 9.17) is 11.6 Å². The predicted octanol–water partition coefficient (Wildman–Crippen LogP) is 6.50. The zero-order chi connectivity index (χ0) is 19.0. The van der Waals surface area contributed by atoms with Gasteiger partial charge in [0.1, 0.15) is 0 Å². The second-order valence-electron chi connectivity index (χ2n) is 7.38. The first kappa shape index (κ1) is 20.7. The van der Waals surface area contributed by atoms with Crippen molar-refractivity contribution in [3.63, 3.8) is 0 Å². The fourth-order valence-corrected chi connectivity index (χ4v) is 4.75. The molecule has 2 nitrogen and oxygen atoms in total. The summed E-state index contributed by atoms with van der Waals surface area (Å²) < 4.78 is 0.804. The van der Waals surface area contributed by atoms with Crippen LogP contribution in [0.3, 0.4) is 0 Å². The molecule has 0 bridgehead atoms. The van der Waals surface area contributed by atoms with Gasteiger partial charge in [-0.25, -0.2) is 0 Å². The van der Waals surface area contributed by atoms with E-state index in [-0.39, 0.29) is 11.3 Å². The second-order valence-corrected chi connectivity index (χ2v) is 10.4. The first-order valence-corrected chi connectivity index (χ1v) is 10.2. The van der Waals surface area contributed by atoms with Crippen molar-refractivity contribution in [2.24, 2.45) is 16.7 Å². The van der Waals surface area contributed by atoms with Crippen LogP contribution in [0.4, 0.5) is 0 Å². The molecule has 1 fully saturated rings. The third-order valence-corrected chi connectivity index (χ3v) is 6.41. The maximum atomic E-state index is 12.2. The minimum atomic E-state index is -0.785. The highest BCUT2D eigenvalue weighted by Gasteiger charge is 2.74. The van der Waals surface area contributed by atoms with Crippen LogP contribution in [0.2, 0.25) is 0 Å². The monoisotopic (exact) mass is 488 g/mol. The van der Waals surface area contributed by atoms with Gasteiger partial charge in [-0.05, 0) is 86.2 Å². The van der Waals surface area contributed by atoms with Gasteiger partial charge in [-0.15, -0.1) is 0 Å². The van der Waals surface area contributed by atoms with Crippen LogP contribution in [-0.4, -0.2) is 11.1 Å². The zero-order valence-corrected chi connectivity index (χ0v) is 18.8. The molecule has 1 aromatic carbocycles. The van der Waals surface area contributed by atoms with Crippen molar-refractivity contribution in [1.82, 2.24) is 0 Å². The molecule has 136 valence electrons. The molecule has 2 rings (SSSR count). The number of halogens is 3. The fourth-order valence-electron chi connectivity index (χ4n) is 4.13. The van der Waals surface area contributed by atoms with Crippen molar-refractivity contribution in [3.8, 4) is 0 Å². The molecule has 2 unspecified atom stereocenters.